The van der Waals surface area contributed by atoms with Gasteiger partial charge in [0, 0.05) is 23.6 Å². The van der Waals surface area contributed by atoms with Crippen molar-refractivity contribution in [1.82, 2.24) is 9.97 Å². The van der Waals surface area contributed by atoms with Crippen LogP contribution >= 0.6 is 0 Å². The number of hydrogen-bond acceptors (Lipinski definition) is 3. The monoisotopic (exact) mass is 259 g/mol. The summed E-state index contributed by atoms with van der Waals surface area (Å²) in [6.07, 6.45) is 10.3. The van der Waals surface area contributed by atoms with Crippen LogP contribution in [0.25, 0.3) is 0 Å². The molecule has 1 heterocycles. The highest BCUT2D eigenvalue weighted by Gasteiger charge is 2.25. The molecule has 0 saturated heterocycles. The average Bonchev–Trinajstić information content (AvgIpc) is 2.93. The summed E-state index contributed by atoms with van der Waals surface area (Å²) in [7, 11) is 0. The highest BCUT2D eigenvalue weighted by Crippen LogP contribution is 2.37. The van der Waals surface area contributed by atoms with Crippen LogP contribution in [0.4, 0.5) is 5.82 Å². The second kappa shape index (κ2) is 5.48. The average molecular weight is 259 g/mol. The summed E-state index contributed by atoms with van der Waals surface area (Å²) in [4.78, 5) is 9.39. The number of hydrogen-bond donors (Lipinski definition) is 1. The summed E-state index contributed by atoms with van der Waals surface area (Å²) < 4.78 is 0. The van der Waals surface area contributed by atoms with Crippen LogP contribution in [-0.4, -0.2) is 9.97 Å². The minimum Gasteiger partial charge on any atom is -0.384 e. The van der Waals surface area contributed by atoms with Crippen LogP contribution in [0.1, 0.15) is 81.6 Å². The van der Waals surface area contributed by atoms with Crippen LogP contribution in [0.3, 0.4) is 0 Å². The van der Waals surface area contributed by atoms with E-state index in [2.05, 4.69) is 11.9 Å². The predicted molar refractivity (Wildman–Crippen MR) is 78.0 cm³/mol. The van der Waals surface area contributed by atoms with E-state index in [-0.39, 0.29) is 0 Å². The first-order chi connectivity index (χ1) is 9.22. The van der Waals surface area contributed by atoms with E-state index in [0.717, 1.165) is 11.7 Å². The van der Waals surface area contributed by atoms with Gasteiger partial charge < -0.3 is 5.73 Å². The largest absolute Gasteiger partial charge is 0.384 e. The van der Waals surface area contributed by atoms with E-state index in [9.17, 15) is 0 Å². The Morgan fingerprint density at radius 3 is 2.32 bits per heavy atom. The lowest BCUT2D eigenvalue weighted by molar-refractivity contribution is 0.339. The van der Waals surface area contributed by atoms with E-state index in [4.69, 9.17) is 10.7 Å². The second-order valence-corrected chi connectivity index (χ2v) is 6.51. The minimum absolute atomic E-state index is 0.542. The molecule has 2 aliphatic rings. The van der Waals surface area contributed by atoms with Crippen LogP contribution in [0, 0.1) is 5.92 Å². The molecule has 2 N–H and O–H groups in total. The summed E-state index contributed by atoms with van der Waals surface area (Å²) >= 11 is 0. The molecular weight excluding hydrogens is 234 g/mol. The fourth-order valence-corrected chi connectivity index (χ4v) is 3.64. The molecule has 3 rings (SSSR count). The first kappa shape index (κ1) is 12.9. The van der Waals surface area contributed by atoms with Gasteiger partial charge in [0.2, 0.25) is 0 Å². The van der Waals surface area contributed by atoms with Crippen LogP contribution in [0.15, 0.2) is 6.07 Å². The van der Waals surface area contributed by atoms with Gasteiger partial charge in [0.05, 0.1) is 0 Å². The van der Waals surface area contributed by atoms with Gasteiger partial charge in [0.15, 0.2) is 0 Å². The third-order valence-corrected chi connectivity index (χ3v) is 4.94. The molecule has 104 valence electrons. The smallest absolute Gasteiger partial charge is 0.134 e. The van der Waals surface area contributed by atoms with Gasteiger partial charge in [-0.25, -0.2) is 9.97 Å². The molecule has 0 atom stereocenters. The Kier molecular flexibility index (Phi) is 3.72. The van der Waals surface area contributed by atoms with Gasteiger partial charge in [-0.3, -0.25) is 0 Å². The standard InChI is InChI=1S/C16H25N3/c1-11-6-8-13(9-7-11)16-18-14(10-15(17)19-16)12-4-2-3-5-12/h10-13H,2-9H2,1H3,(H2,17,18,19). The van der Waals surface area contributed by atoms with Crippen LogP contribution in [-0.2, 0) is 0 Å². The third-order valence-electron chi connectivity index (χ3n) is 4.94. The molecule has 0 amide bonds. The van der Waals surface area contributed by atoms with E-state index < -0.39 is 0 Å². The second-order valence-electron chi connectivity index (χ2n) is 6.51. The van der Waals surface area contributed by atoms with Crippen molar-refractivity contribution in [1.29, 1.82) is 0 Å². The molecule has 0 bridgehead atoms. The van der Waals surface area contributed by atoms with Crippen molar-refractivity contribution in [3.8, 4) is 0 Å². The lowest BCUT2D eigenvalue weighted by Gasteiger charge is -2.25. The van der Waals surface area contributed by atoms with Crippen LogP contribution in [0.2, 0.25) is 0 Å². The molecule has 3 nitrogen and oxygen atoms in total. The normalized spacial score (nSPS) is 28.7. The molecule has 0 aliphatic heterocycles. The highest BCUT2D eigenvalue weighted by atomic mass is 15.0. The number of aromatic nitrogens is 2. The molecule has 0 radical (unpaired) electrons. The number of rotatable bonds is 2. The topological polar surface area (TPSA) is 51.8 Å². The Labute approximate surface area is 116 Å². The summed E-state index contributed by atoms with van der Waals surface area (Å²) in [5.74, 6) is 3.73. The molecule has 0 unspecified atom stereocenters. The summed E-state index contributed by atoms with van der Waals surface area (Å²) in [6, 6.07) is 2.00. The lowest BCUT2D eigenvalue weighted by atomic mass is 9.82. The first-order valence-electron chi connectivity index (χ1n) is 7.86. The van der Waals surface area contributed by atoms with Crippen molar-refractivity contribution in [3.63, 3.8) is 0 Å². The number of anilines is 1. The Balaban J connectivity index is 1.80. The van der Waals surface area contributed by atoms with Gasteiger partial charge in [-0.15, -0.1) is 0 Å². The van der Waals surface area contributed by atoms with E-state index in [1.165, 1.54) is 57.1 Å². The van der Waals surface area contributed by atoms with E-state index >= 15 is 0 Å². The first-order valence-corrected chi connectivity index (χ1v) is 7.86. The van der Waals surface area contributed by atoms with E-state index in [0.29, 0.717) is 17.7 Å². The molecule has 2 aliphatic carbocycles. The molecule has 3 heteroatoms. The summed E-state index contributed by atoms with van der Waals surface area (Å²) in [5, 5.41) is 0. The van der Waals surface area contributed by atoms with Crippen molar-refractivity contribution in [3.05, 3.63) is 17.6 Å². The Morgan fingerprint density at radius 1 is 0.947 bits per heavy atom. The zero-order valence-electron chi connectivity index (χ0n) is 11.9. The Bertz CT molecular complexity index is 430. The molecule has 2 saturated carbocycles. The minimum atomic E-state index is 0.542. The molecule has 0 spiro atoms. The van der Waals surface area contributed by atoms with Gasteiger partial charge in [-0.05, 0) is 31.6 Å². The van der Waals surface area contributed by atoms with Crippen molar-refractivity contribution < 1.29 is 0 Å². The predicted octanol–water partition coefficient (Wildman–Crippen LogP) is 4.01. The third kappa shape index (κ3) is 2.90. The summed E-state index contributed by atoms with van der Waals surface area (Å²) in [5.41, 5.74) is 7.22. The number of nitrogens with two attached hydrogens (primary N) is 1. The van der Waals surface area contributed by atoms with Crippen LogP contribution < -0.4 is 5.73 Å². The SMILES string of the molecule is CC1CCC(c2nc(N)cc(C3CCCC3)n2)CC1. The fraction of sp³-hybridized carbons (Fsp3) is 0.750. The van der Waals surface area contributed by atoms with Gasteiger partial charge >= 0.3 is 0 Å². The molecule has 1 aromatic heterocycles. The number of nitrogen functional groups attached to an aromatic ring is 1. The zero-order valence-corrected chi connectivity index (χ0v) is 11.9. The van der Waals surface area contributed by atoms with Crippen molar-refractivity contribution in [2.24, 2.45) is 5.92 Å². The Morgan fingerprint density at radius 2 is 1.63 bits per heavy atom. The van der Waals surface area contributed by atoms with Gasteiger partial charge in [0.25, 0.3) is 0 Å². The van der Waals surface area contributed by atoms with Crippen molar-refractivity contribution in [2.45, 2.75) is 70.1 Å². The lowest BCUT2D eigenvalue weighted by Crippen LogP contribution is -2.15. The summed E-state index contributed by atoms with van der Waals surface area (Å²) in [6.45, 7) is 2.35. The number of nitrogens with zero attached hydrogens (tertiary/aromatic N) is 2. The quantitative estimate of drug-likeness (QED) is 0.873. The zero-order chi connectivity index (χ0) is 13.2. The van der Waals surface area contributed by atoms with Crippen molar-refractivity contribution >= 4 is 5.82 Å². The molecule has 0 aromatic carbocycles. The molecule has 1 aromatic rings. The fourth-order valence-electron chi connectivity index (χ4n) is 3.64. The highest BCUT2D eigenvalue weighted by molar-refractivity contribution is 5.32. The maximum Gasteiger partial charge on any atom is 0.134 e. The van der Waals surface area contributed by atoms with Crippen LogP contribution in [0.5, 0.6) is 0 Å². The van der Waals surface area contributed by atoms with E-state index in [1.54, 1.807) is 0 Å². The maximum atomic E-state index is 6.01. The maximum absolute atomic E-state index is 6.01. The van der Waals surface area contributed by atoms with E-state index in [1.807, 2.05) is 6.07 Å². The Hall–Kier alpha value is -1.12. The molecule has 19 heavy (non-hydrogen) atoms. The van der Waals surface area contributed by atoms with Gasteiger partial charge in [-0.1, -0.05) is 32.6 Å². The molecule has 2 fully saturated rings. The van der Waals surface area contributed by atoms with Gasteiger partial charge in [-0.2, -0.15) is 0 Å². The van der Waals surface area contributed by atoms with Crippen molar-refractivity contribution in [2.75, 3.05) is 5.73 Å². The van der Waals surface area contributed by atoms with Gasteiger partial charge in [0.1, 0.15) is 11.6 Å². The molecular formula is C16H25N3.